The highest BCUT2D eigenvalue weighted by molar-refractivity contribution is 7.71. The number of benzene rings is 1. The molecule has 1 saturated heterocycles. The van der Waals surface area contributed by atoms with Gasteiger partial charge in [-0.25, -0.2) is 0 Å². The van der Waals surface area contributed by atoms with Gasteiger partial charge in [0.15, 0.2) is 4.77 Å². The van der Waals surface area contributed by atoms with Gasteiger partial charge in [0.1, 0.15) is 0 Å². The Hall–Kier alpha value is -2.25. The van der Waals surface area contributed by atoms with Gasteiger partial charge in [-0.15, -0.1) is 0 Å². The Bertz CT molecular complexity index is 1080. The average Bonchev–Trinajstić information content (AvgIpc) is 2.79. The number of H-pyrrole nitrogens is 1. The van der Waals surface area contributed by atoms with E-state index in [0.717, 1.165) is 52.0 Å². The summed E-state index contributed by atoms with van der Waals surface area (Å²) < 4.78 is 2.07. The number of nitrogens with one attached hydrogen (secondary N) is 1. The minimum Gasteiger partial charge on any atom is -0.336 e. The molecule has 1 amide bonds. The summed E-state index contributed by atoms with van der Waals surface area (Å²) >= 11 is 5.48. The van der Waals surface area contributed by atoms with Crippen molar-refractivity contribution >= 4 is 29.0 Å². The molecule has 2 aromatic rings. The Kier molecular flexibility index (Phi) is 6.49. The van der Waals surface area contributed by atoms with Crippen LogP contribution in [-0.2, 0) is 6.54 Å². The van der Waals surface area contributed by atoms with Gasteiger partial charge in [-0.05, 0) is 69.1 Å². The molecule has 4 rings (SSSR count). The number of piperazine rings is 1. The molecule has 1 aliphatic carbocycles. The molecule has 1 aromatic carbocycles. The lowest BCUT2D eigenvalue weighted by molar-refractivity contribution is 0.0643. The van der Waals surface area contributed by atoms with Gasteiger partial charge in [-0.2, -0.15) is 0 Å². The first-order valence-electron chi connectivity index (χ1n) is 11.0. The van der Waals surface area contributed by atoms with Gasteiger partial charge in [0.25, 0.3) is 11.5 Å². The molecule has 1 fully saturated rings. The molecule has 0 radical (unpaired) electrons. The number of fused-ring (bicyclic) bond motifs is 1. The Morgan fingerprint density at radius 1 is 1.17 bits per heavy atom. The second-order valence-electron chi connectivity index (χ2n) is 8.23. The monoisotopic (exact) mass is 426 g/mol. The summed E-state index contributed by atoms with van der Waals surface area (Å²) in [6.07, 6.45) is 7.92. The lowest BCUT2D eigenvalue weighted by Gasteiger charge is -2.34. The molecular weight excluding hydrogens is 396 g/mol. The minimum absolute atomic E-state index is 0.0142. The molecule has 0 saturated carbocycles. The molecule has 2 aliphatic rings. The minimum atomic E-state index is -0.0827. The highest BCUT2D eigenvalue weighted by atomic mass is 32.1. The molecule has 0 bridgehead atoms. The van der Waals surface area contributed by atoms with Crippen LogP contribution in [0.15, 0.2) is 34.6 Å². The summed E-state index contributed by atoms with van der Waals surface area (Å²) in [7, 11) is 0. The van der Waals surface area contributed by atoms with E-state index < -0.39 is 0 Å². The van der Waals surface area contributed by atoms with Gasteiger partial charge in [-0.3, -0.25) is 14.2 Å². The van der Waals surface area contributed by atoms with E-state index in [1.165, 1.54) is 18.4 Å². The van der Waals surface area contributed by atoms with Crippen LogP contribution in [0.5, 0.6) is 0 Å². The molecule has 30 heavy (non-hydrogen) atoms. The third-order valence-electron chi connectivity index (χ3n) is 6.38. The van der Waals surface area contributed by atoms with Gasteiger partial charge in [0.05, 0.1) is 10.9 Å². The van der Waals surface area contributed by atoms with E-state index in [0.29, 0.717) is 27.8 Å². The van der Waals surface area contributed by atoms with Gasteiger partial charge < -0.3 is 14.8 Å². The number of carbonyl (C=O) groups is 1. The third kappa shape index (κ3) is 4.42. The van der Waals surface area contributed by atoms with Crippen LogP contribution in [0.4, 0.5) is 0 Å². The first-order valence-corrected chi connectivity index (χ1v) is 11.4. The summed E-state index contributed by atoms with van der Waals surface area (Å²) in [5.41, 5.74) is 2.58. The van der Waals surface area contributed by atoms with Crippen molar-refractivity contribution in [3.05, 3.63) is 50.5 Å². The largest absolute Gasteiger partial charge is 0.336 e. The lowest BCUT2D eigenvalue weighted by atomic mass is 9.97. The summed E-state index contributed by atoms with van der Waals surface area (Å²) in [5.74, 6) is 0.0142. The van der Waals surface area contributed by atoms with Crippen molar-refractivity contribution in [2.75, 3.05) is 32.7 Å². The number of likely N-dealkylation sites (N-methyl/N-ethyl adjacent to an activating group) is 1. The average molecular weight is 427 g/mol. The molecule has 7 heteroatoms. The van der Waals surface area contributed by atoms with Crippen LogP contribution in [0.3, 0.4) is 0 Å². The van der Waals surface area contributed by atoms with Crippen LogP contribution in [0.1, 0.15) is 49.4 Å². The number of allylic oxidation sites excluding steroid dienone is 2. The van der Waals surface area contributed by atoms with Crippen molar-refractivity contribution in [1.29, 1.82) is 0 Å². The van der Waals surface area contributed by atoms with Crippen molar-refractivity contribution in [1.82, 2.24) is 19.4 Å². The fourth-order valence-corrected chi connectivity index (χ4v) is 4.71. The molecule has 1 N–H and O–H groups in total. The quantitative estimate of drug-likeness (QED) is 0.585. The van der Waals surface area contributed by atoms with Crippen LogP contribution < -0.4 is 5.56 Å². The second-order valence-corrected chi connectivity index (χ2v) is 8.62. The van der Waals surface area contributed by atoms with Gasteiger partial charge >= 0.3 is 0 Å². The molecule has 1 aromatic heterocycles. The van der Waals surface area contributed by atoms with Crippen LogP contribution in [0, 0.1) is 4.77 Å². The highest BCUT2D eigenvalue weighted by Gasteiger charge is 2.22. The zero-order valence-corrected chi connectivity index (χ0v) is 18.5. The molecule has 0 spiro atoms. The molecule has 160 valence electrons. The molecule has 1 aliphatic heterocycles. The van der Waals surface area contributed by atoms with Crippen molar-refractivity contribution in [2.24, 2.45) is 0 Å². The number of nitrogens with zero attached hydrogens (tertiary/aromatic N) is 3. The van der Waals surface area contributed by atoms with Crippen molar-refractivity contribution < 1.29 is 4.79 Å². The summed E-state index contributed by atoms with van der Waals surface area (Å²) in [6.45, 7) is 7.02. The zero-order valence-electron chi connectivity index (χ0n) is 17.7. The predicted octanol–water partition coefficient (Wildman–Crippen LogP) is 3.73. The molecular formula is C23H30N4O2S. The Balaban J connectivity index is 1.55. The van der Waals surface area contributed by atoms with E-state index in [1.807, 2.05) is 4.90 Å². The van der Waals surface area contributed by atoms with Crippen LogP contribution in [0.2, 0.25) is 0 Å². The van der Waals surface area contributed by atoms with Crippen molar-refractivity contribution in [3.63, 3.8) is 0 Å². The number of hydrogen-bond acceptors (Lipinski definition) is 4. The number of hydrogen-bond donors (Lipinski definition) is 1. The Morgan fingerprint density at radius 2 is 1.97 bits per heavy atom. The summed E-state index contributed by atoms with van der Waals surface area (Å²) in [4.78, 5) is 33.4. The van der Waals surface area contributed by atoms with E-state index in [9.17, 15) is 9.59 Å². The Morgan fingerprint density at radius 3 is 2.67 bits per heavy atom. The van der Waals surface area contributed by atoms with Gasteiger partial charge in [-0.1, -0.05) is 18.6 Å². The molecule has 0 unspecified atom stereocenters. The van der Waals surface area contributed by atoms with Crippen LogP contribution in [0.25, 0.3) is 10.9 Å². The van der Waals surface area contributed by atoms with Crippen LogP contribution in [-0.4, -0.2) is 58.0 Å². The standard InChI is InChI=1S/C23H30N4O2S/c1-2-25-12-14-26(15-13-25)21(28)18-8-9-19-20(16-18)24-23(30)27(22(19)29)11-10-17-6-4-3-5-7-17/h6,8-9,16H,2-5,7,10-15H2,1H3,(H,24,30). The van der Waals surface area contributed by atoms with E-state index in [-0.39, 0.29) is 11.5 Å². The lowest BCUT2D eigenvalue weighted by Crippen LogP contribution is -2.48. The van der Waals surface area contributed by atoms with E-state index in [2.05, 4.69) is 22.9 Å². The number of rotatable bonds is 5. The maximum absolute atomic E-state index is 13.0. The van der Waals surface area contributed by atoms with E-state index in [4.69, 9.17) is 12.2 Å². The maximum Gasteiger partial charge on any atom is 0.262 e. The van der Waals surface area contributed by atoms with E-state index in [1.54, 1.807) is 22.8 Å². The number of aromatic amines is 1. The highest BCUT2D eigenvalue weighted by Crippen LogP contribution is 2.21. The Labute approximate surface area is 182 Å². The molecule has 2 heterocycles. The predicted molar refractivity (Wildman–Crippen MR) is 123 cm³/mol. The molecule has 6 nitrogen and oxygen atoms in total. The normalized spacial score (nSPS) is 17.9. The zero-order chi connectivity index (χ0) is 21.1. The van der Waals surface area contributed by atoms with Gasteiger partial charge in [0.2, 0.25) is 0 Å². The van der Waals surface area contributed by atoms with E-state index >= 15 is 0 Å². The maximum atomic E-state index is 13.0. The fourth-order valence-electron chi connectivity index (χ4n) is 4.43. The SMILES string of the molecule is CCN1CCN(C(=O)c2ccc3c(=O)n(CCC4=CCCCC4)c(=S)[nH]c3c2)CC1. The number of amides is 1. The second kappa shape index (κ2) is 9.27. The van der Waals surface area contributed by atoms with Crippen molar-refractivity contribution in [3.8, 4) is 0 Å². The van der Waals surface area contributed by atoms with Crippen molar-refractivity contribution in [2.45, 2.75) is 45.6 Å². The van der Waals surface area contributed by atoms with Crippen LogP contribution >= 0.6 is 12.2 Å². The summed E-state index contributed by atoms with van der Waals surface area (Å²) in [6, 6.07) is 5.30. The first kappa shape index (κ1) is 21.0. The number of aromatic nitrogens is 2. The molecule has 0 atom stereocenters. The first-order chi connectivity index (χ1) is 14.6. The van der Waals surface area contributed by atoms with Gasteiger partial charge in [0, 0.05) is 38.3 Å². The topological polar surface area (TPSA) is 61.3 Å². The third-order valence-corrected chi connectivity index (χ3v) is 6.70. The fraction of sp³-hybridized carbons (Fsp3) is 0.522. The smallest absolute Gasteiger partial charge is 0.262 e. The number of carbonyl (C=O) groups excluding carboxylic acids is 1. The summed E-state index contributed by atoms with van der Waals surface area (Å²) in [5, 5.41) is 0.577.